The molecule has 88 valence electrons. The van der Waals surface area contributed by atoms with Crippen molar-refractivity contribution in [2.45, 2.75) is 11.6 Å². The quantitative estimate of drug-likeness (QED) is 0.747. The maximum Gasteiger partial charge on any atom is 0.136 e. The predicted octanol–water partition coefficient (Wildman–Crippen LogP) is 3.27. The number of fused-ring (bicyclic) bond motifs is 2. The average molecular weight is 247 g/mol. The van der Waals surface area contributed by atoms with Crippen LogP contribution in [0.2, 0.25) is 0 Å². The van der Waals surface area contributed by atoms with Gasteiger partial charge in [-0.3, -0.25) is 0 Å². The lowest BCUT2D eigenvalue weighted by Crippen LogP contribution is -2.23. The third-order valence-electron chi connectivity index (χ3n) is 4.20. The van der Waals surface area contributed by atoms with Crippen molar-refractivity contribution in [3.05, 3.63) is 35.2 Å². The van der Waals surface area contributed by atoms with Gasteiger partial charge in [0.05, 0.1) is 0 Å². The SMILES string of the molecule is CN1CC2C(c3cc4ccccc4s3)C2(F)C1. The minimum atomic E-state index is -0.935. The summed E-state index contributed by atoms with van der Waals surface area (Å²) >= 11 is 1.77. The molecule has 3 heteroatoms. The number of alkyl halides is 1. The Kier molecular flexibility index (Phi) is 1.82. The zero-order chi connectivity index (χ0) is 11.6. The van der Waals surface area contributed by atoms with Crippen LogP contribution in [0.1, 0.15) is 10.8 Å². The van der Waals surface area contributed by atoms with Crippen molar-refractivity contribution in [3.8, 4) is 0 Å². The van der Waals surface area contributed by atoms with E-state index < -0.39 is 5.67 Å². The molecule has 2 heterocycles. The average Bonchev–Trinajstić information content (AvgIpc) is 2.66. The van der Waals surface area contributed by atoms with Gasteiger partial charge in [-0.05, 0) is 24.6 Å². The second-order valence-electron chi connectivity index (χ2n) is 5.39. The molecule has 2 fully saturated rings. The molecule has 1 saturated carbocycles. The molecule has 0 radical (unpaired) electrons. The number of halogens is 1. The highest BCUT2D eigenvalue weighted by Crippen LogP contribution is 2.65. The lowest BCUT2D eigenvalue weighted by Gasteiger charge is -2.13. The third-order valence-corrected chi connectivity index (χ3v) is 5.40. The number of hydrogen-bond acceptors (Lipinski definition) is 2. The van der Waals surface area contributed by atoms with E-state index in [4.69, 9.17) is 0 Å². The summed E-state index contributed by atoms with van der Waals surface area (Å²) in [4.78, 5) is 3.35. The molecular weight excluding hydrogens is 233 g/mol. The number of nitrogens with zero attached hydrogens (tertiary/aromatic N) is 1. The zero-order valence-electron chi connectivity index (χ0n) is 9.69. The van der Waals surface area contributed by atoms with Crippen LogP contribution in [0.3, 0.4) is 0 Å². The van der Waals surface area contributed by atoms with E-state index in [1.165, 1.54) is 15.0 Å². The summed E-state index contributed by atoms with van der Waals surface area (Å²) in [5.74, 6) is 0.400. The molecule has 17 heavy (non-hydrogen) atoms. The topological polar surface area (TPSA) is 3.24 Å². The second-order valence-corrected chi connectivity index (χ2v) is 6.51. The van der Waals surface area contributed by atoms with Crippen molar-refractivity contribution in [3.63, 3.8) is 0 Å². The van der Waals surface area contributed by atoms with Crippen molar-refractivity contribution in [2.24, 2.45) is 5.92 Å². The molecule has 1 saturated heterocycles. The molecule has 3 atom stereocenters. The first-order valence-corrected chi connectivity index (χ1v) is 6.86. The molecule has 1 aromatic carbocycles. The van der Waals surface area contributed by atoms with E-state index >= 15 is 0 Å². The summed E-state index contributed by atoms with van der Waals surface area (Å²) in [5, 5.41) is 1.26. The number of rotatable bonds is 1. The van der Waals surface area contributed by atoms with Crippen molar-refractivity contribution in [2.75, 3.05) is 20.1 Å². The van der Waals surface area contributed by atoms with Crippen molar-refractivity contribution in [1.82, 2.24) is 4.90 Å². The van der Waals surface area contributed by atoms with Crippen LogP contribution in [0.15, 0.2) is 30.3 Å². The fourth-order valence-electron chi connectivity index (χ4n) is 3.36. The Balaban J connectivity index is 1.73. The summed E-state index contributed by atoms with van der Waals surface area (Å²) < 4.78 is 15.9. The molecule has 2 aromatic rings. The number of hydrogen-bond donors (Lipinski definition) is 0. The molecule has 0 spiro atoms. The van der Waals surface area contributed by atoms with Gasteiger partial charge in [0.25, 0.3) is 0 Å². The Hall–Kier alpha value is -0.930. The van der Waals surface area contributed by atoms with Crippen molar-refractivity contribution < 1.29 is 4.39 Å². The summed E-state index contributed by atoms with van der Waals surface area (Å²) in [5.41, 5.74) is -0.935. The van der Waals surface area contributed by atoms with E-state index in [1.54, 1.807) is 11.3 Å². The van der Waals surface area contributed by atoms with Crippen LogP contribution in [-0.2, 0) is 0 Å². The summed E-state index contributed by atoms with van der Waals surface area (Å²) in [6.07, 6.45) is 0. The van der Waals surface area contributed by atoms with Crippen LogP contribution in [0.25, 0.3) is 10.1 Å². The first-order valence-electron chi connectivity index (χ1n) is 6.04. The summed E-state index contributed by atoms with van der Waals surface area (Å²) in [6.45, 7) is 1.52. The molecule has 4 rings (SSSR count). The summed E-state index contributed by atoms with van der Waals surface area (Å²) in [6, 6.07) is 10.5. The first-order chi connectivity index (χ1) is 8.18. The van der Waals surface area contributed by atoms with Crippen LogP contribution in [0.5, 0.6) is 0 Å². The van der Waals surface area contributed by atoms with Crippen LogP contribution < -0.4 is 0 Å². The van der Waals surface area contributed by atoms with Gasteiger partial charge in [-0.1, -0.05) is 18.2 Å². The van der Waals surface area contributed by atoms with E-state index in [0.717, 1.165) is 6.54 Å². The Morgan fingerprint density at radius 2 is 2.24 bits per heavy atom. The van der Waals surface area contributed by atoms with Gasteiger partial charge in [-0.2, -0.15) is 0 Å². The minimum Gasteiger partial charge on any atom is -0.303 e. The third kappa shape index (κ3) is 1.27. The van der Waals surface area contributed by atoms with Gasteiger partial charge in [0.2, 0.25) is 0 Å². The molecule has 1 aliphatic carbocycles. The minimum absolute atomic E-state index is 0.163. The van der Waals surface area contributed by atoms with E-state index in [9.17, 15) is 4.39 Å². The van der Waals surface area contributed by atoms with Gasteiger partial charge >= 0.3 is 0 Å². The number of likely N-dealkylation sites (tertiary alicyclic amines) is 1. The van der Waals surface area contributed by atoms with Gasteiger partial charge in [-0.25, -0.2) is 4.39 Å². The van der Waals surface area contributed by atoms with Gasteiger partial charge in [-0.15, -0.1) is 11.3 Å². The van der Waals surface area contributed by atoms with Gasteiger partial charge in [0.15, 0.2) is 0 Å². The molecular formula is C14H14FNS. The largest absolute Gasteiger partial charge is 0.303 e. The maximum atomic E-state index is 14.6. The van der Waals surface area contributed by atoms with Crippen LogP contribution in [-0.4, -0.2) is 30.7 Å². The van der Waals surface area contributed by atoms with Gasteiger partial charge < -0.3 is 4.90 Å². The highest BCUT2D eigenvalue weighted by atomic mass is 32.1. The molecule has 0 N–H and O–H groups in total. The second kappa shape index (κ2) is 3.09. The lowest BCUT2D eigenvalue weighted by molar-refractivity contribution is 0.250. The van der Waals surface area contributed by atoms with E-state index in [1.807, 2.05) is 13.1 Å². The smallest absolute Gasteiger partial charge is 0.136 e. The molecule has 3 unspecified atom stereocenters. The molecule has 1 aromatic heterocycles. The Morgan fingerprint density at radius 1 is 1.41 bits per heavy atom. The molecule has 1 nitrogen and oxygen atoms in total. The first kappa shape index (κ1) is 10.0. The van der Waals surface area contributed by atoms with Crippen molar-refractivity contribution in [1.29, 1.82) is 0 Å². The molecule has 1 aliphatic heterocycles. The zero-order valence-corrected chi connectivity index (χ0v) is 10.5. The fourth-order valence-corrected chi connectivity index (χ4v) is 4.68. The van der Waals surface area contributed by atoms with Crippen LogP contribution in [0.4, 0.5) is 4.39 Å². The highest BCUT2D eigenvalue weighted by molar-refractivity contribution is 7.19. The fraction of sp³-hybridized carbons (Fsp3) is 0.429. The molecule has 0 bridgehead atoms. The number of thiophene rings is 1. The van der Waals surface area contributed by atoms with E-state index in [-0.39, 0.29) is 11.8 Å². The van der Waals surface area contributed by atoms with E-state index in [0.29, 0.717) is 6.54 Å². The summed E-state index contributed by atoms with van der Waals surface area (Å²) in [7, 11) is 2.01. The highest BCUT2D eigenvalue weighted by Gasteiger charge is 2.70. The Labute approximate surface area is 104 Å². The number of piperidine rings is 1. The lowest BCUT2D eigenvalue weighted by atomic mass is 10.2. The van der Waals surface area contributed by atoms with Crippen molar-refractivity contribution >= 4 is 21.4 Å². The molecule has 0 amide bonds. The van der Waals surface area contributed by atoms with Gasteiger partial charge in [0.1, 0.15) is 5.67 Å². The molecule has 2 aliphatic rings. The van der Waals surface area contributed by atoms with Crippen LogP contribution >= 0.6 is 11.3 Å². The Morgan fingerprint density at radius 3 is 2.94 bits per heavy atom. The standard InChI is InChI=1S/C14H14FNS/c1-16-7-10-13(14(10,15)8-16)12-6-9-4-2-3-5-11(9)17-12/h2-6,10,13H,7-8H2,1H3. The number of benzene rings is 1. The van der Waals surface area contributed by atoms with Gasteiger partial charge in [0, 0.05) is 34.5 Å². The van der Waals surface area contributed by atoms with Crippen LogP contribution in [0, 0.1) is 5.92 Å². The monoisotopic (exact) mass is 247 g/mol. The van der Waals surface area contributed by atoms with E-state index in [2.05, 4.69) is 29.2 Å². The maximum absolute atomic E-state index is 14.6. The Bertz CT molecular complexity index is 560. The normalized spacial score (nSPS) is 36.4. The predicted molar refractivity (Wildman–Crippen MR) is 69.4 cm³/mol.